The third kappa shape index (κ3) is 2.24. The van der Waals surface area contributed by atoms with Gasteiger partial charge in [-0.15, -0.1) is 0 Å². The summed E-state index contributed by atoms with van der Waals surface area (Å²) in [6, 6.07) is 0. The highest BCUT2D eigenvalue weighted by Gasteiger charge is 2.47. The van der Waals surface area contributed by atoms with Crippen molar-refractivity contribution in [3.63, 3.8) is 0 Å². The van der Waals surface area contributed by atoms with Crippen LogP contribution in [0, 0.1) is 23.7 Å². The fraction of sp³-hybridized carbons (Fsp3) is 0.923. The minimum Gasteiger partial charge on any atom is -0.356 e. The molecule has 0 aromatic heterocycles. The number of hydrogen-bond acceptors (Lipinski definition) is 2. The molecule has 1 heterocycles. The maximum Gasteiger partial charge on any atom is 0.223 e. The monoisotopic (exact) mass is 222 g/mol. The molecule has 1 saturated heterocycles. The van der Waals surface area contributed by atoms with Crippen molar-refractivity contribution in [3.05, 3.63) is 0 Å². The molecular formula is C13H22N2O. The second-order valence-corrected chi connectivity index (χ2v) is 5.88. The molecule has 3 unspecified atom stereocenters. The van der Waals surface area contributed by atoms with E-state index < -0.39 is 0 Å². The van der Waals surface area contributed by atoms with E-state index in [1.165, 1.54) is 32.1 Å². The van der Waals surface area contributed by atoms with E-state index in [-0.39, 0.29) is 0 Å². The second-order valence-electron chi connectivity index (χ2n) is 5.88. The Balaban J connectivity index is 1.39. The van der Waals surface area contributed by atoms with Crippen molar-refractivity contribution in [1.29, 1.82) is 0 Å². The maximum absolute atomic E-state index is 11.9. The highest BCUT2D eigenvalue weighted by Crippen LogP contribution is 2.54. The van der Waals surface area contributed by atoms with Crippen molar-refractivity contribution in [1.82, 2.24) is 10.6 Å². The van der Waals surface area contributed by atoms with Gasteiger partial charge in [-0.1, -0.05) is 0 Å². The van der Waals surface area contributed by atoms with Gasteiger partial charge < -0.3 is 10.6 Å². The molecule has 0 bridgehead atoms. The van der Waals surface area contributed by atoms with Crippen LogP contribution in [0.15, 0.2) is 0 Å². The summed E-state index contributed by atoms with van der Waals surface area (Å²) in [5.74, 6) is 3.16. The lowest BCUT2D eigenvalue weighted by Crippen LogP contribution is -2.39. The quantitative estimate of drug-likeness (QED) is 0.752. The number of amides is 1. The first-order valence-electron chi connectivity index (χ1n) is 6.81. The van der Waals surface area contributed by atoms with Gasteiger partial charge in [0.05, 0.1) is 0 Å². The molecule has 0 spiro atoms. The van der Waals surface area contributed by atoms with Gasteiger partial charge in [-0.05, 0) is 62.9 Å². The summed E-state index contributed by atoms with van der Waals surface area (Å²) < 4.78 is 0. The summed E-state index contributed by atoms with van der Waals surface area (Å²) in [4.78, 5) is 11.9. The molecule has 90 valence electrons. The molecule has 0 aromatic carbocycles. The molecule has 3 heteroatoms. The summed E-state index contributed by atoms with van der Waals surface area (Å²) in [5.41, 5.74) is 0. The van der Waals surface area contributed by atoms with Gasteiger partial charge in [0.1, 0.15) is 0 Å². The smallest absolute Gasteiger partial charge is 0.223 e. The Morgan fingerprint density at radius 2 is 2.06 bits per heavy atom. The highest BCUT2D eigenvalue weighted by atomic mass is 16.1. The highest BCUT2D eigenvalue weighted by molar-refractivity contribution is 5.79. The van der Waals surface area contributed by atoms with E-state index in [9.17, 15) is 4.79 Å². The average Bonchev–Trinajstić information content (AvgIpc) is 2.94. The molecule has 0 aromatic rings. The number of rotatable bonds is 3. The van der Waals surface area contributed by atoms with Crippen molar-refractivity contribution < 1.29 is 4.79 Å². The fourth-order valence-electron chi connectivity index (χ4n) is 3.42. The number of nitrogens with one attached hydrogen (secondary N) is 2. The third-order valence-electron chi connectivity index (χ3n) is 4.58. The van der Waals surface area contributed by atoms with Crippen LogP contribution in [-0.2, 0) is 4.79 Å². The predicted octanol–water partition coefficient (Wildman–Crippen LogP) is 1.15. The van der Waals surface area contributed by atoms with Crippen LogP contribution in [0.3, 0.4) is 0 Å². The molecule has 0 radical (unpaired) electrons. The van der Waals surface area contributed by atoms with E-state index in [1.54, 1.807) is 0 Å². The zero-order valence-electron chi connectivity index (χ0n) is 9.87. The van der Waals surface area contributed by atoms with Crippen LogP contribution >= 0.6 is 0 Å². The van der Waals surface area contributed by atoms with Crippen molar-refractivity contribution in [2.24, 2.45) is 23.7 Å². The van der Waals surface area contributed by atoms with Gasteiger partial charge in [0.15, 0.2) is 0 Å². The van der Waals surface area contributed by atoms with Gasteiger partial charge in [-0.2, -0.15) is 0 Å². The topological polar surface area (TPSA) is 41.1 Å². The lowest BCUT2D eigenvalue weighted by atomic mass is 9.98. The van der Waals surface area contributed by atoms with Gasteiger partial charge >= 0.3 is 0 Å². The Hall–Kier alpha value is -0.570. The average molecular weight is 222 g/mol. The van der Waals surface area contributed by atoms with Crippen LogP contribution in [0.1, 0.15) is 32.1 Å². The van der Waals surface area contributed by atoms with Crippen LogP contribution in [0.4, 0.5) is 0 Å². The molecule has 3 aliphatic rings. The normalized spacial score (nSPS) is 41.5. The molecule has 1 aliphatic heterocycles. The van der Waals surface area contributed by atoms with E-state index >= 15 is 0 Å². The Morgan fingerprint density at radius 3 is 2.75 bits per heavy atom. The number of piperidine rings is 1. The zero-order chi connectivity index (χ0) is 11.0. The van der Waals surface area contributed by atoms with E-state index in [4.69, 9.17) is 0 Å². The van der Waals surface area contributed by atoms with E-state index in [0.717, 1.165) is 31.5 Å². The van der Waals surface area contributed by atoms with Crippen LogP contribution in [0.5, 0.6) is 0 Å². The Bertz CT molecular complexity index is 263. The van der Waals surface area contributed by atoms with Crippen LogP contribution < -0.4 is 10.6 Å². The molecule has 16 heavy (non-hydrogen) atoms. The number of fused-ring (bicyclic) bond motifs is 1. The summed E-state index contributed by atoms with van der Waals surface area (Å²) in [5, 5.41) is 6.55. The molecule has 1 amide bonds. The van der Waals surface area contributed by atoms with Gasteiger partial charge in [0.2, 0.25) is 5.91 Å². The van der Waals surface area contributed by atoms with Gasteiger partial charge in [0, 0.05) is 12.5 Å². The minimum atomic E-state index is 0.331. The largest absolute Gasteiger partial charge is 0.356 e. The Morgan fingerprint density at radius 1 is 1.25 bits per heavy atom. The van der Waals surface area contributed by atoms with Crippen LogP contribution in [0.25, 0.3) is 0 Å². The number of hydrogen-bond donors (Lipinski definition) is 2. The van der Waals surface area contributed by atoms with Gasteiger partial charge in [-0.25, -0.2) is 0 Å². The molecule has 2 aliphatic carbocycles. The van der Waals surface area contributed by atoms with Crippen molar-refractivity contribution in [2.45, 2.75) is 32.1 Å². The van der Waals surface area contributed by atoms with Crippen molar-refractivity contribution in [2.75, 3.05) is 19.6 Å². The molecule has 2 saturated carbocycles. The summed E-state index contributed by atoms with van der Waals surface area (Å²) >= 11 is 0. The second kappa shape index (κ2) is 4.36. The first kappa shape index (κ1) is 10.6. The van der Waals surface area contributed by atoms with E-state index in [1.807, 2.05) is 0 Å². The Kier molecular flexibility index (Phi) is 2.88. The van der Waals surface area contributed by atoms with Crippen molar-refractivity contribution >= 4 is 5.91 Å². The Labute approximate surface area is 97.4 Å². The summed E-state index contributed by atoms with van der Waals surface area (Å²) in [6.07, 6.45) is 6.26. The molecule has 3 fully saturated rings. The molecule has 2 N–H and O–H groups in total. The first-order chi connectivity index (χ1) is 7.83. The van der Waals surface area contributed by atoms with Gasteiger partial charge in [-0.3, -0.25) is 4.79 Å². The summed E-state index contributed by atoms with van der Waals surface area (Å²) in [7, 11) is 0. The van der Waals surface area contributed by atoms with Crippen LogP contribution in [0.2, 0.25) is 0 Å². The molecule has 3 rings (SSSR count). The predicted molar refractivity (Wildman–Crippen MR) is 62.9 cm³/mol. The molecule has 3 nitrogen and oxygen atoms in total. The van der Waals surface area contributed by atoms with Crippen LogP contribution in [-0.4, -0.2) is 25.5 Å². The zero-order valence-corrected chi connectivity index (χ0v) is 9.87. The number of carbonyl (C=O) groups excluding carboxylic acids is 1. The lowest BCUT2D eigenvalue weighted by molar-refractivity contribution is -0.125. The maximum atomic E-state index is 11.9. The third-order valence-corrected chi connectivity index (χ3v) is 4.58. The molecular weight excluding hydrogens is 200 g/mol. The SMILES string of the molecule is O=C(NCC1CCCNC1)C1CC2CC2C1. The summed E-state index contributed by atoms with van der Waals surface area (Å²) in [6.45, 7) is 3.12. The van der Waals surface area contributed by atoms with Crippen molar-refractivity contribution in [3.8, 4) is 0 Å². The first-order valence-corrected chi connectivity index (χ1v) is 6.81. The van der Waals surface area contributed by atoms with Gasteiger partial charge in [0.25, 0.3) is 0 Å². The molecule has 3 atom stereocenters. The standard InChI is InChI=1S/C13H22N2O/c16-13(12-5-10-4-11(10)6-12)15-8-9-2-1-3-14-7-9/h9-12,14H,1-8H2,(H,15,16). The van der Waals surface area contributed by atoms with E-state index in [2.05, 4.69) is 10.6 Å². The number of carbonyl (C=O) groups is 1. The minimum absolute atomic E-state index is 0.331. The van der Waals surface area contributed by atoms with E-state index in [0.29, 0.717) is 17.7 Å². The lowest BCUT2D eigenvalue weighted by Gasteiger charge is -2.23. The fourth-order valence-corrected chi connectivity index (χ4v) is 3.42.